The third kappa shape index (κ3) is 4.27. The molecule has 1 aliphatic heterocycles. The van der Waals surface area contributed by atoms with E-state index in [-0.39, 0.29) is 17.9 Å². The molecule has 5 heteroatoms. The first kappa shape index (κ1) is 22.3. The zero-order valence-electron chi connectivity index (χ0n) is 19.3. The number of ketones is 1. The molecule has 3 aromatic carbocycles. The number of rotatable bonds is 5. The number of hydrogen-bond acceptors (Lipinski definition) is 4. The van der Waals surface area contributed by atoms with E-state index in [1.165, 1.54) is 4.90 Å². The summed E-state index contributed by atoms with van der Waals surface area (Å²) in [6.45, 7) is 6.13. The summed E-state index contributed by atoms with van der Waals surface area (Å²) in [5.41, 5.74) is 5.38. The van der Waals surface area contributed by atoms with Crippen molar-refractivity contribution in [2.24, 2.45) is 0 Å². The Labute approximate surface area is 193 Å². The van der Waals surface area contributed by atoms with Gasteiger partial charge in [-0.3, -0.25) is 9.59 Å². The molecule has 5 nitrogen and oxygen atoms in total. The Bertz CT molecular complexity index is 1260. The second-order valence-electron chi connectivity index (χ2n) is 8.49. The van der Waals surface area contributed by atoms with Crippen LogP contribution in [0.1, 0.15) is 39.4 Å². The van der Waals surface area contributed by atoms with Crippen LogP contribution in [0.15, 0.2) is 72.3 Å². The number of hydrogen-bond donors (Lipinski definition) is 1. The predicted octanol–water partition coefficient (Wildman–Crippen LogP) is 5.24. The van der Waals surface area contributed by atoms with Crippen molar-refractivity contribution in [1.82, 2.24) is 4.90 Å². The Morgan fingerprint density at radius 3 is 2.30 bits per heavy atom. The van der Waals surface area contributed by atoms with Gasteiger partial charge < -0.3 is 14.7 Å². The maximum Gasteiger partial charge on any atom is 0.295 e. The van der Waals surface area contributed by atoms with Gasteiger partial charge >= 0.3 is 0 Å². The van der Waals surface area contributed by atoms with E-state index in [1.807, 2.05) is 81.4 Å². The number of carbonyl (C=O) groups excluding carboxylic acids is 2. The number of likely N-dealkylation sites (tertiary alicyclic amines) is 1. The molecule has 1 saturated heterocycles. The number of benzene rings is 3. The first-order valence-corrected chi connectivity index (χ1v) is 10.9. The zero-order chi connectivity index (χ0) is 23.7. The van der Waals surface area contributed by atoms with Crippen LogP contribution >= 0.6 is 0 Å². The van der Waals surface area contributed by atoms with Crippen LogP contribution in [0.25, 0.3) is 5.76 Å². The minimum absolute atomic E-state index is 0.113. The van der Waals surface area contributed by atoms with Crippen LogP contribution in [0, 0.1) is 20.8 Å². The molecule has 3 aromatic rings. The summed E-state index contributed by atoms with van der Waals surface area (Å²) in [7, 11) is 1.60. The van der Waals surface area contributed by atoms with Gasteiger partial charge in [0.1, 0.15) is 11.5 Å². The van der Waals surface area contributed by atoms with Crippen LogP contribution < -0.4 is 4.74 Å². The number of nitrogens with zero attached hydrogens (tertiary/aromatic N) is 1. The largest absolute Gasteiger partial charge is 0.507 e. The van der Waals surface area contributed by atoms with Crippen molar-refractivity contribution in [1.29, 1.82) is 0 Å². The average Bonchev–Trinajstić information content (AvgIpc) is 3.06. The SMILES string of the molecule is COc1ccc(CN2C(=O)C(=O)/C(=C(\O)c3ccc(C)c(C)c3)C2c2cccc(C)c2)cc1. The number of aryl methyl sites for hydroxylation is 3. The highest BCUT2D eigenvalue weighted by molar-refractivity contribution is 6.46. The van der Waals surface area contributed by atoms with Crippen LogP contribution in [-0.2, 0) is 16.1 Å². The topological polar surface area (TPSA) is 66.8 Å². The molecule has 0 aliphatic carbocycles. The smallest absolute Gasteiger partial charge is 0.295 e. The van der Waals surface area contributed by atoms with Crippen molar-refractivity contribution in [2.75, 3.05) is 7.11 Å². The molecule has 4 rings (SSSR count). The van der Waals surface area contributed by atoms with E-state index in [4.69, 9.17) is 4.74 Å². The number of Topliss-reactive ketones (excluding diaryl/α,β-unsaturated/α-hetero) is 1. The number of ether oxygens (including phenoxy) is 1. The van der Waals surface area contributed by atoms with Gasteiger partial charge in [-0.2, -0.15) is 0 Å². The lowest BCUT2D eigenvalue weighted by atomic mass is 9.93. The number of methoxy groups -OCH3 is 1. The van der Waals surface area contributed by atoms with Crippen LogP contribution in [-0.4, -0.2) is 28.8 Å². The molecule has 1 aliphatic rings. The second-order valence-corrected chi connectivity index (χ2v) is 8.49. The summed E-state index contributed by atoms with van der Waals surface area (Å²) in [4.78, 5) is 27.9. The van der Waals surface area contributed by atoms with Crippen molar-refractivity contribution < 1.29 is 19.4 Å². The van der Waals surface area contributed by atoms with Gasteiger partial charge in [0.25, 0.3) is 11.7 Å². The van der Waals surface area contributed by atoms with Crippen molar-refractivity contribution in [3.8, 4) is 5.75 Å². The van der Waals surface area contributed by atoms with E-state index in [0.29, 0.717) is 11.3 Å². The lowest BCUT2D eigenvalue weighted by Crippen LogP contribution is -2.29. The molecule has 0 bridgehead atoms. The molecule has 0 radical (unpaired) electrons. The van der Waals surface area contributed by atoms with Gasteiger partial charge in [-0.15, -0.1) is 0 Å². The van der Waals surface area contributed by atoms with Crippen LogP contribution in [0.2, 0.25) is 0 Å². The molecular weight excluding hydrogens is 414 g/mol. The molecule has 1 heterocycles. The summed E-state index contributed by atoms with van der Waals surface area (Å²) in [6.07, 6.45) is 0. The van der Waals surface area contributed by atoms with Gasteiger partial charge in [-0.1, -0.05) is 54.1 Å². The number of amides is 1. The first-order chi connectivity index (χ1) is 15.8. The van der Waals surface area contributed by atoms with Gasteiger partial charge in [0, 0.05) is 12.1 Å². The van der Waals surface area contributed by atoms with Gasteiger partial charge in [0.2, 0.25) is 0 Å². The molecular formula is C28H27NO4. The summed E-state index contributed by atoms with van der Waals surface area (Å²) >= 11 is 0. The molecule has 1 fully saturated rings. The van der Waals surface area contributed by atoms with Crippen molar-refractivity contribution in [3.05, 3.63) is 106 Å². The fourth-order valence-corrected chi connectivity index (χ4v) is 4.20. The van der Waals surface area contributed by atoms with E-state index in [2.05, 4.69) is 0 Å². The maximum atomic E-state index is 13.2. The molecule has 0 spiro atoms. The lowest BCUT2D eigenvalue weighted by molar-refractivity contribution is -0.140. The molecule has 0 aromatic heterocycles. The third-order valence-corrected chi connectivity index (χ3v) is 6.19. The van der Waals surface area contributed by atoms with Gasteiger partial charge in [0.15, 0.2) is 0 Å². The molecule has 1 N–H and O–H groups in total. The van der Waals surface area contributed by atoms with Crippen molar-refractivity contribution >= 4 is 17.4 Å². The van der Waals surface area contributed by atoms with Crippen LogP contribution in [0.3, 0.4) is 0 Å². The number of carbonyl (C=O) groups is 2. The predicted molar refractivity (Wildman–Crippen MR) is 128 cm³/mol. The Morgan fingerprint density at radius 2 is 1.67 bits per heavy atom. The Morgan fingerprint density at radius 1 is 0.939 bits per heavy atom. The Hall–Kier alpha value is -3.86. The molecule has 1 atom stereocenters. The minimum atomic E-state index is -0.686. The molecule has 33 heavy (non-hydrogen) atoms. The highest BCUT2D eigenvalue weighted by Gasteiger charge is 2.46. The molecule has 0 saturated carbocycles. The zero-order valence-corrected chi connectivity index (χ0v) is 19.3. The van der Waals surface area contributed by atoms with Gasteiger partial charge in [-0.05, 0) is 61.2 Å². The monoisotopic (exact) mass is 441 g/mol. The quantitative estimate of drug-likeness (QED) is 0.334. The van der Waals surface area contributed by atoms with E-state index in [0.717, 1.165) is 27.8 Å². The van der Waals surface area contributed by atoms with Gasteiger partial charge in [0.05, 0.1) is 18.7 Å². The van der Waals surface area contributed by atoms with Gasteiger partial charge in [-0.25, -0.2) is 0 Å². The normalized spacial score (nSPS) is 17.5. The molecule has 168 valence electrons. The summed E-state index contributed by atoms with van der Waals surface area (Å²) < 4.78 is 5.22. The van der Waals surface area contributed by atoms with Crippen molar-refractivity contribution in [3.63, 3.8) is 0 Å². The number of aliphatic hydroxyl groups is 1. The first-order valence-electron chi connectivity index (χ1n) is 10.9. The van der Waals surface area contributed by atoms with E-state index in [1.54, 1.807) is 13.2 Å². The van der Waals surface area contributed by atoms with E-state index in [9.17, 15) is 14.7 Å². The van der Waals surface area contributed by atoms with E-state index >= 15 is 0 Å². The lowest BCUT2D eigenvalue weighted by Gasteiger charge is -2.26. The molecule has 1 unspecified atom stereocenters. The molecule has 1 amide bonds. The average molecular weight is 442 g/mol. The van der Waals surface area contributed by atoms with Crippen LogP contribution in [0.5, 0.6) is 5.75 Å². The fourth-order valence-electron chi connectivity index (χ4n) is 4.20. The summed E-state index contributed by atoms with van der Waals surface area (Å²) in [6, 6.07) is 19.9. The van der Waals surface area contributed by atoms with Crippen LogP contribution in [0.4, 0.5) is 0 Å². The minimum Gasteiger partial charge on any atom is -0.507 e. The highest BCUT2D eigenvalue weighted by atomic mass is 16.5. The third-order valence-electron chi connectivity index (χ3n) is 6.19. The standard InChI is InChI=1S/C28H27NO4/c1-17-6-5-7-21(14-17)25-24(26(30)22-11-8-18(2)19(3)15-22)27(31)28(32)29(25)16-20-9-12-23(33-4)13-10-20/h5-15,25,30H,16H2,1-4H3/b26-24-. The van der Waals surface area contributed by atoms with E-state index < -0.39 is 17.7 Å². The highest BCUT2D eigenvalue weighted by Crippen LogP contribution is 2.40. The maximum absolute atomic E-state index is 13.2. The summed E-state index contributed by atoms with van der Waals surface area (Å²) in [5.74, 6) is -0.737. The Kier molecular flexibility index (Phi) is 6.05. The Balaban J connectivity index is 1.85. The van der Waals surface area contributed by atoms with Crippen molar-refractivity contribution in [2.45, 2.75) is 33.4 Å². The summed E-state index contributed by atoms with van der Waals surface area (Å²) in [5, 5.41) is 11.2. The second kappa shape index (κ2) is 8.94. The number of aliphatic hydroxyl groups excluding tert-OH is 1. The fraction of sp³-hybridized carbons (Fsp3) is 0.214.